The SMILES string of the molecule is CN(Cc1cccc2ncccc12)C(=O)c1ccc(-c2ccn[nH]2)cc1. The van der Waals surface area contributed by atoms with E-state index >= 15 is 0 Å². The molecule has 2 heterocycles. The van der Waals surface area contributed by atoms with Gasteiger partial charge in [0.05, 0.1) is 11.2 Å². The average Bonchev–Trinajstić information content (AvgIpc) is 3.23. The van der Waals surface area contributed by atoms with E-state index < -0.39 is 0 Å². The van der Waals surface area contributed by atoms with Crippen molar-refractivity contribution in [1.29, 1.82) is 0 Å². The highest BCUT2D eigenvalue weighted by molar-refractivity contribution is 5.94. The van der Waals surface area contributed by atoms with Crippen LogP contribution in [-0.4, -0.2) is 33.0 Å². The first kappa shape index (κ1) is 16.0. The highest BCUT2D eigenvalue weighted by Crippen LogP contribution is 2.20. The van der Waals surface area contributed by atoms with Crippen LogP contribution in [0.2, 0.25) is 0 Å². The first-order valence-electron chi connectivity index (χ1n) is 8.40. The van der Waals surface area contributed by atoms with Crippen LogP contribution in [0.15, 0.2) is 73.1 Å². The predicted octanol–water partition coefficient (Wildman–Crippen LogP) is 3.90. The number of aromatic amines is 1. The van der Waals surface area contributed by atoms with Crippen LogP contribution in [0.3, 0.4) is 0 Å². The molecule has 128 valence electrons. The van der Waals surface area contributed by atoms with Gasteiger partial charge in [-0.15, -0.1) is 0 Å². The van der Waals surface area contributed by atoms with E-state index in [9.17, 15) is 4.79 Å². The minimum absolute atomic E-state index is 0.0120. The molecular formula is C21H18N4O. The maximum Gasteiger partial charge on any atom is 0.253 e. The van der Waals surface area contributed by atoms with E-state index in [1.165, 1.54) is 0 Å². The maximum atomic E-state index is 12.8. The second-order valence-electron chi connectivity index (χ2n) is 6.20. The zero-order valence-corrected chi connectivity index (χ0v) is 14.4. The summed E-state index contributed by atoms with van der Waals surface area (Å²) in [6, 6.07) is 19.4. The van der Waals surface area contributed by atoms with Gasteiger partial charge < -0.3 is 4.90 Å². The van der Waals surface area contributed by atoms with Gasteiger partial charge in [0.1, 0.15) is 0 Å². The first-order chi connectivity index (χ1) is 12.7. The topological polar surface area (TPSA) is 61.9 Å². The van der Waals surface area contributed by atoms with Gasteiger partial charge in [-0.05, 0) is 41.5 Å². The zero-order valence-electron chi connectivity index (χ0n) is 14.4. The van der Waals surface area contributed by atoms with Crippen molar-refractivity contribution in [1.82, 2.24) is 20.1 Å². The van der Waals surface area contributed by atoms with Crippen molar-refractivity contribution in [3.8, 4) is 11.3 Å². The minimum atomic E-state index is -0.0120. The third kappa shape index (κ3) is 3.07. The van der Waals surface area contributed by atoms with E-state index in [2.05, 4.69) is 15.2 Å². The molecule has 2 aromatic heterocycles. The van der Waals surface area contributed by atoms with Gasteiger partial charge in [0.25, 0.3) is 5.91 Å². The van der Waals surface area contributed by atoms with E-state index in [1.54, 1.807) is 17.3 Å². The third-order valence-electron chi connectivity index (χ3n) is 4.43. The largest absolute Gasteiger partial charge is 0.337 e. The van der Waals surface area contributed by atoms with Gasteiger partial charge in [0.15, 0.2) is 0 Å². The van der Waals surface area contributed by atoms with Crippen LogP contribution in [0.1, 0.15) is 15.9 Å². The Morgan fingerprint density at radius 2 is 1.85 bits per heavy atom. The van der Waals surface area contributed by atoms with Gasteiger partial charge in [-0.25, -0.2) is 0 Å². The summed E-state index contributed by atoms with van der Waals surface area (Å²) in [7, 11) is 1.82. The van der Waals surface area contributed by atoms with Gasteiger partial charge in [-0.2, -0.15) is 5.10 Å². The average molecular weight is 342 g/mol. The third-order valence-corrected chi connectivity index (χ3v) is 4.43. The second-order valence-corrected chi connectivity index (χ2v) is 6.20. The van der Waals surface area contributed by atoms with Gasteiger partial charge in [0.2, 0.25) is 0 Å². The quantitative estimate of drug-likeness (QED) is 0.612. The van der Waals surface area contributed by atoms with Crippen LogP contribution >= 0.6 is 0 Å². The number of nitrogens with one attached hydrogen (secondary N) is 1. The summed E-state index contributed by atoms with van der Waals surface area (Å²) in [6.45, 7) is 0.532. The summed E-state index contributed by atoms with van der Waals surface area (Å²) in [5, 5.41) is 7.95. The van der Waals surface area contributed by atoms with E-state index in [0.29, 0.717) is 12.1 Å². The number of nitrogens with zero attached hydrogens (tertiary/aromatic N) is 3. The summed E-state index contributed by atoms with van der Waals surface area (Å²) in [5.41, 5.74) is 4.62. The van der Waals surface area contributed by atoms with Gasteiger partial charge in [-0.1, -0.05) is 30.3 Å². The van der Waals surface area contributed by atoms with Crippen molar-refractivity contribution < 1.29 is 4.79 Å². The van der Waals surface area contributed by atoms with Crippen LogP contribution in [0, 0.1) is 0 Å². The molecule has 1 amide bonds. The van der Waals surface area contributed by atoms with Crippen molar-refractivity contribution in [2.75, 3.05) is 7.05 Å². The molecule has 0 bridgehead atoms. The van der Waals surface area contributed by atoms with E-state index in [4.69, 9.17) is 0 Å². The summed E-state index contributed by atoms with van der Waals surface area (Å²) in [6.07, 6.45) is 3.49. The summed E-state index contributed by atoms with van der Waals surface area (Å²) in [4.78, 5) is 18.9. The fourth-order valence-electron chi connectivity index (χ4n) is 3.06. The Labute approximate surface area is 151 Å². The van der Waals surface area contributed by atoms with Crippen LogP contribution < -0.4 is 0 Å². The van der Waals surface area contributed by atoms with Crippen LogP contribution in [0.5, 0.6) is 0 Å². The molecule has 4 aromatic rings. The highest BCUT2D eigenvalue weighted by atomic mass is 16.2. The lowest BCUT2D eigenvalue weighted by Gasteiger charge is -2.18. The molecule has 5 heteroatoms. The number of fused-ring (bicyclic) bond motifs is 1. The Balaban J connectivity index is 1.54. The normalized spacial score (nSPS) is 10.8. The fourth-order valence-corrected chi connectivity index (χ4v) is 3.06. The van der Waals surface area contributed by atoms with Crippen LogP contribution in [0.25, 0.3) is 22.2 Å². The number of aromatic nitrogens is 3. The van der Waals surface area contributed by atoms with E-state index in [1.807, 2.05) is 67.7 Å². The minimum Gasteiger partial charge on any atom is -0.337 e. The number of pyridine rings is 1. The van der Waals surface area contributed by atoms with Crippen molar-refractivity contribution in [3.63, 3.8) is 0 Å². The molecule has 0 aliphatic rings. The molecule has 0 saturated carbocycles. The summed E-state index contributed by atoms with van der Waals surface area (Å²) in [5.74, 6) is -0.0120. The molecule has 0 radical (unpaired) electrons. The molecule has 4 rings (SSSR count). The van der Waals surface area contributed by atoms with Crippen molar-refractivity contribution >= 4 is 16.8 Å². The highest BCUT2D eigenvalue weighted by Gasteiger charge is 2.13. The Kier molecular flexibility index (Phi) is 4.19. The van der Waals surface area contributed by atoms with Crippen molar-refractivity contribution in [2.24, 2.45) is 0 Å². The van der Waals surface area contributed by atoms with Gasteiger partial charge >= 0.3 is 0 Å². The number of carbonyl (C=O) groups excluding carboxylic acids is 1. The van der Waals surface area contributed by atoms with Crippen molar-refractivity contribution in [2.45, 2.75) is 6.54 Å². The lowest BCUT2D eigenvalue weighted by Crippen LogP contribution is -2.26. The molecule has 0 aliphatic heterocycles. The van der Waals surface area contributed by atoms with Crippen LogP contribution in [0.4, 0.5) is 0 Å². The fraction of sp³-hybridized carbons (Fsp3) is 0.0952. The number of benzene rings is 2. The number of hydrogen-bond donors (Lipinski definition) is 1. The maximum absolute atomic E-state index is 12.8. The van der Waals surface area contributed by atoms with E-state index in [0.717, 1.165) is 27.7 Å². The molecule has 0 unspecified atom stereocenters. The Morgan fingerprint density at radius 3 is 2.62 bits per heavy atom. The molecule has 5 nitrogen and oxygen atoms in total. The Morgan fingerprint density at radius 1 is 1.00 bits per heavy atom. The second kappa shape index (κ2) is 6.80. The molecule has 0 saturated heterocycles. The molecular weight excluding hydrogens is 324 g/mol. The number of H-pyrrole nitrogens is 1. The molecule has 0 spiro atoms. The standard InChI is InChI=1S/C21H18N4O/c1-25(14-17-4-2-6-20-18(17)5-3-12-22-20)21(26)16-9-7-15(8-10-16)19-11-13-23-24-19/h2-13H,14H2,1H3,(H,23,24). The van der Waals surface area contributed by atoms with E-state index in [-0.39, 0.29) is 5.91 Å². The molecule has 26 heavy (non-hydrogen) atoms. The molecule has 0 fully saturated rings. The lowest BCUT2D eigenvalue weighted by atomic mass is 10.1. The lowest BCUT2D eigenvalue weighted by molar-refractivity contribution is 0.0785. The molecule has 0 atom stereocenters. The molecule has 0 aliphatic carbocycles. The smallest absolute Gasteiger partial charge is 0.253 e. The number of carbonyl (C=O) groups is 1. The molecule has 1 N–H and O–H groups in total. The Bertz CT molecular complexity index is 1030. The Hall–Kier alpha value is -3.47. The zero-order chi connectivity index (χ0) is 17.9. The van der Waals surface area contributed by atoms with Crippen LogP contribution in [-0.2, 0) is 6.54 Å². The number of rotatable bonds is 4. The van der Waals surface area contributed by atoms with Crippen molar-refractivity contribution in [3.05, 3.63) is 84.2 Å². The number of hydrogen-bond acceptors (Lipinski definition) is 3. The first-order valence-corrected chi connectivity index (χ1v) is 8.40. The van der Waals surface area contributed by atoms with Gasteiger partial charge in [-0.3, -0.25) is 14.9 Å². The summed E-state index contributed by atoms with van der Waals surface area (Å²) >= 11 is 0. The monoisotopic (exact) mass is 342 g/mol. The molecule has 2 aromatic carbocycles. The number of amides is 1. The summed E-state index contributed by atoms with van der Waals surface area (Å²) < 4.78 is 0. The predicted molar refractivity (Wildman–Crippen MR) is 102 cm³/mol. The van der Waals surface area contributed by atoms with Gasteiger partial charge in [0, 0.05) is 36.9 Å².